The maximum atomic E-state index is 15.0. The standard InChI is InChI=1S/C61H37NO8S4/c63-71(64)47-28-14-16-30-49(47)73(67,68)53-36-38(32-34-51(53)71)55-58-44-25-11-13-27-46(44)62(42-22-8-3-9-23-42)60(58)56(39-33-35-52-54(37-39)74(69,70)50-31-17-15-29-48(50)72(52,65)66)57-43-24-10-12-26-45(43)61(59(55)57,40-18-4-1-5-19-40)41-20-6-2-7-21-41/h1-37H. The fourth-order valence-corrected chi connectivity index (χ4v) is 20.4. The fourth-order valence-electron chi connectivity index (χ4n) is 12.0. The number of sulfone groups is 4. The summed E-state index contributed by atoms with van der Waals surface area (Å²) >= 11 is 0. The van der Waals surface area contributed by atoms with Gasteiger partial charge in [-0.3, -0.25) is 0 Å². The van der Waals surface area contributed by atoms with Gasteiger partial charge in [0.2, 0.25) is 39.3 Å². The van der Waals surface area contributed by atoms with E-state index in [1.165, 1.54) is 72.8 Å². The monoisotopic (exact) mass is 1040 g/mol. The Hall–Kier alpha value is -8.20. The largest absolute Gasteiger partial charge is 0.309 e. The molecule has 10 aromatic carbocycles. The number of nitrogens with zero attached hydrogens (tertiary/aromatic N) is 1. The summed E-state index contributed by atoms with van der Waals surface area (Å²) in [5, 5.41) is 1.43. The maximum absolute atomic E-state index is 15.0. The number of hydrogen-bond donors (Lipinski definition) is 0. The SMILES string of the molecule is O=S1(=O)c2ccccc2S(=O)(=O)c2cc(-c3c4c(c(-c5ccc6c(c5)S(=O)(=O)c5ccccc5S6(=O)=O)c5c3c3ccccc3n5-c3ccccc3)-c3ccccc3C4(c3ccccc3)c3ccccc3)ccc21. The molecule has 0 fully saturated rings. The average Bonchev–Trinajstić information content (AvgIpc) is 3.93. The molecule has 14 rings (SSSR count). The smallest absolute Gasteiger partial charge is 0.209 e. The molecule has 1 aromatic heterocycles. The minimum atomic E-state index is -4.43. The Balaban J connectivity index is 1.26. The van der Waals surface area contributed by atoms with Crippen molar-refractivity contribution in [3.63, 3.8) is 0 Å². The number of hydrogen-bond acceptors (Lipinski definition) is 8. The topological polar surface area (TPSA) is 141 Å². The second-order valence-electron chi connectivity index (χ2n) is 18.7. The zero-order valence-electron chi connectivity index (χ0n) is 38.7. The van der Waals surface area contributed by atoms with E-state index in [1.807, 2.05) is 109 Å². The molecule has 9 nitrogen and oxygen atoms in total. The molecule has 0 bridgehead atoms. The van der Waals surface area contributed by atoms with E-state index in [2.05, 4.69) is 34.9 Å². The van der Waals surface area contributed by atoms with Crippen LogP contribution < -0.4 is 0 Å². The second kappa shape index (κ2) is 15.4. The van der Waals surface area contributed by atoms with E-state index in [0.717, 1.165) is 44.4 Å². The first kappa shape index (κ1) is 44.5. The molecule has 74 heavy (non-hydrogen) atoms. The Labute approximate surface area is 427 Å². The molecule has 1 aliphatic carbocycles. The van der Waals surface area contributed by atoms with E-state index in [0.29, 0.717) is 38.7 Å². The third-order valence-electron chi connectivity index (χ3n) is 15.0. The average molecular weight is 1040 g/mol. The van der Waals surface area contributed by atoms with Crippen molar-refractivity contribution in [2.45, 2.75) is 44.6 Å². The first-order valence-corrected chi connectivity index (χ1v) is 29.6. The molecule has 0 saturated heterocycles. The zero-order chi connectivity index (χ0) is 50.5. The van der Waals surface area contributed by atoms with Crippen molar-refractivity contribution in [1.82, 2.24) is 4.57 Å². The minimum Gasteiger partial charge on any atom is -0.309 e. The Morgan fingerprint density at radius 3 is 1.27 bits per heavy atom. The Bertz CT molecular complexity index is 4730. The van der Waals surface area contributed by atoms with Crippen LogP contribution in [0.3, 0.4) is 0 Å². The highest BCUT2D eigenvalue weighted by Crippen LogP contribution is 2.64. The molecule has 0 radical (unpaired) electrons. The summed E-state index contributed by atoms with van der Waals surface area (Å²) < 4.78 is 120. The molecular weight excluding hydrogens is 1000 g/mol. The Kier molecular flexibility index (Phi) is 9.27. The normalized spacial score (nSPS) is 16.5. The maximum Gasteiger partial charge on any atom is 0.209 e. The van der Waals surface area contributed by atoms with Crippen LogP contribution in [0.15, 0.2) is 264 Å². The second-order valence-corrected chi connectivity index (χ2v) is 26.2. The molecule has 0 unspecified atom stereocenters. The Morgan fingerprint density at radius 2 is 0.743 bits per heavy atom. The number of para-hydroxylation sites is 2. The van der Waals surface area contributed by atoms with Crippen LogP contribution in [0.5, 0.6) is 0 Å². The van der Waals surface area contributed by atoms with Crippen molar-refractivity contribution in [1.29, 1.82) is 0 Å². The molecule has 0 atom stereocenters. The molecule has 358 valence electrons. The molecule has 3 heterocycles. The van der Waals surface area contributed by atoms with Gasteiger partial charge in [0, 0.05) is 22.0 Å². The predicted molar refractivity (Wildman–Crippen MR) is 284 cm³/mol. The van der Waals surface area contributed by atoms with E-state index < -0.39 is 44.8 Å². The van der Waals surface area contributed by atoms with E-state index in [9.17, 15) is 33.7 Å². The van der Waals surface area contributed by atoms with Crippen molar-refractivity contribution >= 4 is 61.2 Å². The van der Waals surface area contributed by atoms with E-state index in [4.69, 9.17) is 0 Å². The number of benzene rings is 10. The van der Waals surface area contributed by atoms with Gasteiger partial charge in [0.05, 0.1) is 55.6 Å². The molecule has 0 saturated carbocycles. The lowest BCUT2D eigenvalue weighted by molar-refractivity contribution is 0.570. The van der Waals surface area contributed by atoms with Crippen LogP contribution in [0.25, 0.3) is 60.9 Å². The molecule has 11 aromatic rings. The first-order chi connectivity index (χ1) is 35.8. The van der Waals surface area contributed by atoms with Crippen LogP contribution in [-0.4, -0.2) is 38.2 Å². The number of rotatable bonds is 5. The first-order valence-electron chi connectivity index (χ1n) is 23.7. The molecule has 0 spiro atoms. The van der Waals surface area contributed by atoms with Gasteiger partial charge < -0.3 is 4.57 Å². The highest BCUT2D eigenvalue weighted by atomic mass is 32.2. The third-order valence-corrected chi connectivity index (χ3v) is 23.0. The van der Waals surface area contributed by atoms with E-state index in [1.54, 1.807) is 12.1 Å². The summed E-state index contributed by atoms with van der Waals surface area (Å²) in [4.78, 5) is -2.56. The van der Waals surface area contributed by atoms with Gasteiger partial charge in [0.15, 0.2) is 0 Å². The van der Waals surface area contributed by atoms with E-state index in [-0.39, 0.29) is 39.2 Å². The van der Waals surface area contributed by atoms with Crippen LogP contribution in [-0.2, 0) is 44.8 Å². The predicted octanol–water partition coefficient (Wildman–Crippen LogP) is 12.4. The minimum absolute atomic E-state index is 0.287. The molecule has 2 aliphatic heterocycles. The van der Waals surface area contributed by atoms with Gasteiger partial charge in [-0.25, -0.2) is 33.7 Å². The fraction of sp³-hybridized carbons (Fsp3) is 0.0164. The summed E-state index contributed by atoms with van der Waals surface area (Å²) in [7, 11) is -17.5. The van der Waals surface area contributed by atoms with Crippen molar-refractivity contribution in [2.24, 2.45) is 0 Å². The highest BCUT2D eigenvalue weighted by molar-refractivity contribution is 7.98. The van der Waals surface area contributed by atoms with Crippen molar-refractivity contribution in [3.8, 4) is 39.1 Å². The quantitative estimate of drug-likeness (QED) is 0.166. The summed E-state index contributed by atoms with van der Waals surface area (Å²) in [6.07, 6.45) is 0. The van der Waals surface area contributed by atoms with Gasteiger partial charge in [-0.2, -0.15) is 0 Å². The van der Waals surface area contributed by atoms with Gasteiger partial charge in [-0.05, 0) is 117 Å². The van der Waals surface area contributed by atoms with Gasteiger partial charge in [-0.15, -0.1) is 0 Å². The zero-order valence-corrected chi connectivity index (χ0v) is 42.0. The summed E-state index contributed by atoms with van der Waals surface area (Å²) in [6, 6.07) is 66.1. The molecule has 0 amide bonds. The Morgan fingerprint density at radius 1 is 0.338 bits per heavy atom. The van der Waals surface area contributed by atoms with E-state index >= 15 is 0 Å². The summed E-state index contributed by atoms with van der Waals surface area (Å²) in [5.74, 6) is 0. The van der Waals surface area contributed by atoms with Gasteiger partial charge in [0.25, 0.3) is 0 Å². The third kappa shape index (κ3) is 5.72. The van der Waals surface area contributed by atoms with Crippen molar-refractivity contribution in [3.05, 3.63) is 247 Å². The number of aromatic nitrogens is 1. The lowest BCUT2D eigenvalue weighted by atomic mass is 9.65. The van der Waals surface area contributed by atoms with Crippen LogP contribution in [0.4, 0.5) is 0 Å². The number of fused-ring (bicyclic) bond motifs is 10. The molecular formula is C61H37NO8S4. The molecule has 0 N–H and O–H groups in total. The van der Waals surface area contributed by atoms with Gasteiger partial charge >= 0.3 is 0 Å². The van der Waals surface area contributed by atoms with Crippen molar-refractivity contribution < 1.29 is 33.7 Å². The van der Waals surface area contributed by atoms with Crippen LogP contribution in [0.2, 0.25) is 0 Å². The molecule has 13 heteroatoms. The van der Waals surface area contributed by atoms with Crippen LogP contribution in [0.1, 0.15) is 22.3 Å². The van der Waals surface area contributed by atoms with Crippen molar-refractivity contribution in [2.75, 3.05) is 0 Å². The van der Waals surface area contributed by atoms with Gasteiger partial charge in [-0.1, -0.05) is 158 Å². The van der Waals surface area contributed by atoms with Gasteiger partial charge in [0.1, 0.15) is 0 Å². The summed E-state index contributed by atoms with van der Waals surface area (Å²) in [6.45, 7) is 0. The van der Waals surface area contributed by atoms with Crippen LogP contribution >= 0.6 is 0 Å². The molecule has 3 aliphatic rings. The lowest BCUT2D eigenvalue weighted by Crippen LogP contribution is -2.29. The van der Waals surface area contributed by atoms with Crippen LogP contribution in [0, 0.1) is 0 Å². The lowest BCUT2D eigenvalue weighted by Gasteiger charge is -2.36. The highest BCUT2D eigenvalue weighted by Gasteiger charge is 2.51. The summed E-state index contributed by atoms with van der Waals surface area (Å²) in [5.41, 5.74) is 7.82.